The van der Waals surface area contributed by atoms with E-state index >= 15 is 0 Å². The predicted octanol–water partition coefficient (Wildman–Crippen LogP) is 3.60. The topological polar surface area (TPSA) is 102 Å². The molecule has 0 spiro atoms. The van der Waals surface area contributed by atoms with E-state index in [4.69, 9.17) is 4.74 Å². The Kier molecular flexibility index (Phi) is 6.05. The Morgan fingerprint density at radius 3 is 2.45 bits per heavy atom. The summed E-state index contributed by atoms with van der Waals surface area (Å²) in [7, 11) is 1.52. The number of rotatable bonds is 4. The van der Waals surface area contributed by atoms with Gasteiger partial charge >= 0.3 is 6.09 Å². The number of aryl methyl sites for hydroxylation is 1. The van der Waals surface area contributed by atoms with E-state index in [1.165, 1.54) is 23.9 Å². The van der Waals surface area contributed by atoms with Crippen molar-refractivity contribution in [2.45, 2.75) is 32.8 Å². The average Bonchev–Trinajstić information content (AvgIpc) is 2.67. The van der Waals surface area contributed by atoms with Crippen LogP contribution >= 0.6 is 0 Å². The molecule has 0 aliphatic rings. The first-order valence-electron chi connectivity index (χ1n) is 9.58. The molecule has 31 heavy (non-hydrogen) atoms. The van der Waals surface area contributed by atoms with E-state index in [1.54, 1.807) is 45.0 Å². The van der Waals surface area contributed by atoms with Gasteiger partial charge in [0.15, 0.2) is 0 Å². The molecule has 2 amide bonds. The van der Waals surface area contributed by atoms with Gasteiger partial charge in [-0.2, -0.15) is 5.10 Å². The number of benzene rings is 2. The maximum absolute atomic E-state index is 14.1. The van der Waals surface area contributed by atoms with Gasteiger partial charge in [-0.05, 0) is 45.0 Å². The lowest BCUT2D eigenvalue weighted by Crippen LogP contribution is -2.27. The van der Waals surface area contributed by atoms with Crippen molar-refractivity contribution in [3.8, 4) is 0 Å². The van der Waals surface area contributed by atoms with E-state index in [9.17, 15) is 18.8 Å². The number of nitrogens with one attached hydrogen (secondary N) is 2. The Labute approximate surface area is 178 Å². The van der Waals surface area contributed by atoms with Crippen LogP contribution in [0.5, 0.6) is 0 Å². The van der Waals surface area contributed by atoms with Crippen molar-refractivity contribution in [3.63, 3.8) is 0 Å². The van der Waals surface area contributed by atoms with Crippen molar-refractivity contribution in [1.29, 1.82) is 0 Å². The Morgan fingerprint density at radius 2 is 1.77 bits per heavy atom. The normalized spacial score (nSPS) is 11.3. The molecule has 0 unspecified atom stereocenters. The molecule has 0 aliphatic carbocycles. The standard InChI is InChI=1S/C22H23FN4O4/c1-22(2,3)31-21(30)25-18-11-13(9-10-16(18)23)24-19(28)12-17-14-7-5-6-8-15(14)20(29)27(4)26-17/h5-11H,12H2,1-4H3,(H,24,28)(H,25,30). The zero-order chi connectivity index (χ0) is 22.8. The SMILES string of the molecule is Cn1nc(CC(=O)Nc2ccc(F)c(NC(=O)OC(C)(C)C)c2)c2ccccc2c1=O. The summed E-state index contributed by atoms with van der Waals surface area (Å²) in [5.74, 6) is -1.08. The zero-order valence-corrected chi connectivity index (χ0v) is 17.7. The highest BCUT2D eigenvalue weighted by molar-refractivity contribution is 5.96. The van der Waals surface area contributed by atoms with E-state index in [0.717, 1.165) is 6.07 Å². The summed E-state index contributed by atoms with van der Waals surface area (Å²) < 4.78 is 20.4. The minimum atomic E-state index is -0.809. The molecule has 0 bridgehead atoms. The molecule has 2 aromatic carbocycles. The van der Waals surface area contributed by atoms with Crippen molar-refractivity contribution < 1.29 is 18.7 Å². The summed E-state index contributed by atoms with van der Waals surface area (Å²) in [5.41, 5.74) is -0.400. The smallest absolute Gasteiger partial charge is 0.412 e. The first kappa shape index (κ1) is 21.9. The lowest BCUT2D eigenvalue weighted by molar-refractivity contribution is -0.115. The van der Waals surface area contributed by atoms with Crippen LogP contribution in [0.3, 0.4) is 0 Å². The number of hydrogen-bond donors (Lipinski definition) is 2. The molecule has 162 valence electrons. The lowest BCUT2D eigenvalue weighted by Gasteiger charge is -2.20. The van der Waals surface area contributed by atoms with Crippen LogP contribution in [-0.4, -0.2) is 27.4 Å². The third kappa shape index (κ3) is 5.44. The highest BCUT2D eigenvalue weighted by atomic mass is 19.1. The summed E-state index contributed by atoms with van der Waals surface area (Å²) in [6.07, 6.45) is -0.906. The first-order valence-corrected chi connectivity index (χ1v) is 9.58. The van der Waals surface area contributed by atoms with Gasteiger partial charge in [-0.25, -0.2) is 13.9 Å². The van der Waals surface area contributed by atoms with E-state index in [1.807, 2.05) is 0 Å². The molecule has 0 saturated carbocycles. The molecule has 0 fully saturated rings. The Morgan fingerprint density at radius 1 is 1.10 bits per heavy atom. The van der Waals surface area contributed by atoms with E-state index in [-0.39, 0.29) is 23.4 Å². The number of carbonyl (C=O) groups excluding carboxylic acids is 2. The second kappa shape index (κ2) is 8.55. The predicted molar refractivity (Wildman–Crippen MR) is 116 cm³/mol. The number of hydrogen-bond acceptors (Lipinski definition) is 5. The summed E-state index contributed by atoms with van der Waals surface area (Å²) in [6.45, 7) is 5.07. The second-order valence-corrected chi connectivity index (χ2v) is 7.97. The van der Waals surface area contributed by atoms with Crippen LogP contribution in [0.15, 0.2) is 47.3 Å². The van der Waals surface area contributed by atoms with Gasteiger partial charge in [0.25, 0.3) is 5.56 Å². The molecule has 2 N–H and O–H groups in total. The van der Waals surface area contributed by atoms with Crippen molar-refractivity contribution >= 4 is 34.1 Å². The summed E-state index contributed by atoms with van der Waals surface area (Å²) in [6, 6.07) is 10.7. The number of fused-ring (bicyclic) bond motifs is 1. The number of aromatic nitrogens is 2. The van der Waals surface area contributed by atoms with Gasteiger partial charge in [0, 0.05) is 18.1 Å². The summed E-state index contributed by atoms with van der Waals surface area (Å²) >= 11 is 0. The Hall–Kier alpha value is -3.75. The number of ether oxygens (including phenoxy) is 1. The number of carbonyl (C=O) groups is 2. The minimum Gasteiger partial charge on any atom is -0.444 e. The van der Waals surface area contributed by atoms with Crippen LogP contribution in [0.1, 0.15) is 26.5 Å². The highest BCUT2D eigenvalue weighted by Gasteiger charge is 2.18. The number of halogens is 1. The van der Waals surface area contributed by atoms with Gasteiger partial charge in [-0.1, -0.05) is 18.2 Å². The van der Waals surface area contributed by atoms with E-state index < -0.39 is 23.4 Å². The number of amides is 2. The van der Waals surface area contributed by atoms with E-state index in [0.29, 0.717) is 16.5 Å². The third-order valence-electron chi connectivity index (χ3n) is 4.25. The quantitative estimate of drug-likeness (QED) is 0.664. The fourth-order valence-electron chi connectivity index (χ4n) is 2.98. The molecule has 0 radical (unpaired) electrons. The van der Waals surface area contributed by atoms with Gasteiger partial charge < -0.3 is 10.1 Å². The van der Waals surface area contributed by atoms with Gasteiger partial charge in [-0.3, -0.25) is 14.9 Å². The fourth-order valence-corrected chi connectivity index (χ4v) is 2.98. The Balaban J connectivity index is 1.77. The summed E-state index contributed by atoms with van der Waals surface area (Å²) in [4.78, 5) is 36.7. The van der Waals surface area contributed by atoms with Crippen LogP contribution in [0.4, 0.5) is 20.6 Å². The molecule has 0 aliphatic heterocycles. The monoisotopic (exact) mass is 426 g/mol. The molecular formula is C22H23FN4O4. The van der Waals surface area contributed by atoms with E-state index in [2.05, 4.69) is 15.7 Å². The maximum atomic E-state index is 14.1. The molecule has 8 nitrogen and oxygen atoms in total. The van der Waals surface area contributed by atoms with Crippen LogP contribution < -0.4 is 16.2 Å². The van der Waals surface area contributed by atoms with Gasteiger partial charge in [-0.15, -0.1) is 0 Å². The highest BCUT2D eigenvalue weighted by Crippen LogP contribution is 2.21. The number of anilines is 2. The first-order chi connectivity index (χ1) is 14.5. The minimum absolute atomic E-state index is 0.0964. The van der Waals surface area contributed by atoms with Gasteiger partial charge in [0.05, 0.1) is 23.2 Å². The largest absolute Gasteiger partial charge is 0.444 e. The number of nitrogens with zero attached hydrogens (tertiary/aromatic N) is 2. The van der Waals surface area contributed by atoms with Crippen molar-refractivity contribution in [2.75, 3.05) is 10.6 Å². The molecular weight excluding hydrogens is 403 g/mol. The molecule has 0 atom stereocenters. The van der Waals surface area contributed by atoms with Crippen LogP contribution in [-0.2, 0) is 23.0 Å². The van der Waals surface area contributed by atoms with Gasteiger partial charge in [0.2, 0.25) is 5.91 Å². The molecule has 1 heterocycles. The van der Waals surface area contributed by atoms with Crippen molar-refractivity contribution in [2.24, 2.45) is 7.05 Å². The maximum Gasteiger partial charge on any atom is 0.412 e. The molecule has 3 rings (SSSR count). The Bertz CT molecular complexity index is 1210. The van der Waals surface area contributed by atoms with Crippen molar-refractivity contribution in [1.82, 2.24) is 9.78 Å². The van der Waals surface area contributed by atoms with Crippen LogP contribution in [0.2, 0.25) is 0 Å². The summed E-state index contributed by atoms with van der Waals surface area (Å²) in [5, 5.41) is 10.2. The molecule has 1 aromatic heterocycles. The zero-order valence-electron chi connectivity index (χ0n) is 17.7. The van der Waals surface area contributed by atoms with Crippen LogP contribution in [0, 0.1) is 5.82 Å². The fraction of sp³-hybridized carbons (Fsp3) is 0.273. The average molecular weight is 426 g/mol. The van der Waals surface area contributed by atoms with Crippen molar-refractivity contribution in [3.05, 3.63) is 64.3 Å². The third-order valence-corrected chi connectivity index (χ3v) is 4.25. The van der Waals surface area contributed by atoms with Gasteiger partial charge in [0.1, 0.15) is 11.4 Å². The molecule has 3 aromatic rings. The van der Waals surface area contributed by atoms with Crippen LogP contribution in [0.25, 0.3) is 10.8 Å². The lowest BCUT2D eigenvalue weighted by atomic mass is 10.1. The molecule has 0 saturated heterocycles. The second-order valence-electron chi connectivity index (χ2n) is 7.97. The molecule has 9 heteroatoms.